The van der Waals surface area contributed by atoms with E-state index in [1.807, 2.05) is 41.5 Å². The van der Waals surface area contributed by atoms with E-state index in [1.54, 1.807) is 0 Å². The minimum Gasteiger partial charge on any atom is -0.480 e. The molecule has 0 fully saturated rings. The second-order valence-corrected chi connectivity index (χ2v) is 7.52. The molecule has 4 heteroatoms. The standard InChI is InChI=1S/C16H24O4/c1-13(2,3)15(11(17)18)7-9-16(10-8-15,12(19)20)14(4,5)6/h7-10H,1-6H3,(H,17,18)(H,19,20). The predicted octanol–water partition coefficient (Wildman–Crippen LogP) is 3.35. The molecule has 0 heterocycles. The van der Waals surface area contributed by atoms with Crippen LogP contribution in [0.25, 0.3) is 0 Å². The fourth-order valence-corrected chi connectivity index (χ4v) is 2.56. The lowest BCUT2D eigenvalue weighted by Crippen LogP contribution is -2.46. The van der Waals surface area contributed by atoms with Crippen LogP contribution in [0.3, 0.4) is 0 Å². The molecule has 1 aliphatic rings. The smallest absolute Gasteiger partial charge is 0.317 e. The van der Waals surface area contributed by atoms with E-state index < -0.39 is 33.6 Å². The van der Waals surface area contributed by atoms with Crippen LogP contribution in [0, 0.1) is 21.7 Å². The summed E-state index contributed by atoms with van der Waals surface area (Å²) < 4.78 is 0. The second-order valence-electron chi connectivity index (χ2n) is 7.52. The molecular formula is C16H24O4. The normalized spacial score (nSPS) is 30.3. The Morgan fingerprint density at radius 2 is 0.900 bits per heavy atom. The Bertz CT molecular complexity index is 426. The van der Waals surface area contributed by atoms with E-state index in [-0.39, 0.29) is 0 Å². The number of carboxylic acids is 2. The van der Waals surface area contributed by atoms with Crippen LogP contribution >= 0.6 is 0 Å². The van der Waals surface area contributed by atoms with Crippen molar-refractivity contribution in [3.05, 3.63) is 24.3 Å². The third-order valence-corrected chi connectivity index (χ3v) is 4.41. The quantitative estimate of drug-likeness (QED) is 0.761. The van der Waals surface area contributed by atoms with Gasteiger partial charge in [-0.1, -0.05) is 65.8 Å². The number of carbonyl (C=O) groups is 2. The first-order valence-corrected chi connectivity index (χ1v) is 6.68. The molecule has 0 aromatic rings. The molecule has 4 nitrogen and oxygen atoms in total. The molecule has 0 spiro atoms. The van der Waals surface area contributed by atoms with Crippen LogP contribution in [0.5, 0.6) is 0 Å². The van der Waals surface area contributed by atoms with Crippen LogP contribution in [-0.4, -0.2) is 22.2 Å². The van der Waals surface area contributed by atoms with E-state index in [1.165, 1.54) is 24.3 Å². The molecular weight excluding hydrogens is 256 g/mol. The van der Waals surface area contributed by atoms with Gasteiger partial charge >= 0.3 is 11.9 Å². The van der Waals surface area contributed by atoms with Gasteiger partial charge in [-0.05, 0) is 10.8 Å². The Balaban J connectivity index is 3.45. The minimum atomic E-state index is -1.18. The average molecular weight is 280 g/mol. The lowest BCUT2D eigenvalue weighted by Gasteiger charge is -2.44. The summed E-state index contributed by atoms with van der Waals surface area (Å²) in [6, 6.07) is 0. The van der Waals surface area contributed by atoms with Crippen molar-refractivity contribution in [3.63, 3.8) is 0 Å². The molecule has 1 rings (SSSR count). The van der Waals surface area contributed by atoms with E-state index >= 15 is 0 Å². The summed E-state index contributed by atoms with van der Waals surface area (Å²) in [6.07, 6.45) is 6.15. The van der Waals surface area contributed by atoms with Gasteiger partial charge in [0.2, 0.25) is 0 Å². The van der Waals surface area contributed by atoms with Gasteiger partial charge in [0, 0.05) is 0 Å². The Hall–Kier alpha value is -1.58. The fourth-order valence-electron chi connectivity index (χ4n) is 2.56. The highest BCUT2D eigenvalue weighted by Gasteiger charge is 2.52. The first-order valence-electron chi connectivity index (χ1n) is 6.68. The second kappa shape index (κ2) is 4.47. The summed E-state index contributed by atoms with van der Waals surface area (Å²) in [5.74, 6) is -1.93. The fraction of sp³-hybridized carbons (Fsp3) is 0.625. The van der Waals surface area contributed by atoms with Gasteiger partial charge in [0.25, 0.3) is 0 Å². The summed E-state index contributed by atoms with van der Waals surface area (Å²) in [5, 5.41) is 19.2. The van der Waals surface area contributed by atoms with E-state index in [4.69, 9.17) is 0 Å². The third kappa shape index (κ3) is 2.17. The largest absolute Gasteiger partial charge is 0.480 e. The summed E-state index contributed by atoms with van der Waals surface area (Å²) in [6.45, 7) is 11.0. The maximum Gasteiger partial charge on any atom is 0.317 e. The molecule has 0 saturated heterocycles. The SMILES string of the molecule is CC(C)(C)C1(C(=O)O)C=CC(C(=O)O)(C(C)(C)C)C=C1. The summed E-state index contributed by atoms with van der Waals surface area (Å²) >= 11 is 0. The molecule has 0 unspecified atom stereocenters. The Morgan fingerprint density at radius 3 is 1.00 bits per heavy atom. The van der Waals surface area contributed by atoms with Crippen molar-refractivity contribution in [2.75, 3.05) is 0 Å². The summed E-state index contributed by atoms with van der Waals surface area (Å²) in [4.78, 5) is 23.4. The Labute approximate surface area is 120 Å². The predicted molar refractivity (Wildman–Crippen MR) is 77.3 cm³/mol. The van der Waals surface area contributed by atoms with Crippen molar-refractivity contribution in [1.29, 1.82) is 0 Å². The molecule has 0 radical (unpaired) electrons. The minimum absolute atomic E-state index is 0.547. The van der Waals surface area contributed by atoms with Crippen molar-refractivity contribution >= 4 is 11.9 Å². The van der Waals surface area contributed by atoms with Crippen molar-refractivity contribution in [3.8, 4) is 0 Å². The lowest BCUT2D eigenvalue weighted by molar-refractivity contribution is -0.151. The van der Waals surface area contributed by atoms with Crippen LogP contribution in [0.15, 0.2) is 24.3 Å². The van der Waals surface area contributed by atoms with E-state index in [0.29, 0.717) is 0 Å². The van der Waals surface area contributed by atoms with Crippen LogP contribution in [-0.2, 0) is 9.59 Å². The maximum atomic E-state index is 11.7. The molecule has 0 amide bonds. The third-order valence-electron chi connectivity index (χ3n) is 4.41. The van der Waals surface area contributed by atoms with Gasteiger partial charge < -0.3 is 10.2 Å². The molecule has 0 atom stereocenters. The zero-order chi connectivity index (χ0) is 16.0. The van der Waals surface area contributed by atoms with Crippen LogP contribution in [0.4, 0.5) is 0 Å². The maximum absolute atomic E-state index is 11.7. The molecule has 0 aromatic heterocycles. The molecule has 1 aliphatic carbocycles. The topological polar surface area (TPSA) is 74.6 Å². The summed E-state index contributed by atoms with van der Waals surface area (Å²) in [5.41, 5.74) is -3.46. The number of hydrogen-bond donors (Lipinski definition) is 2. The number of rotatable bonds is 2. The highest BCUT2D eigenvalue weighted by atomic mass is 16.4. The van der Waals surface area contributed by atoms with Crippen molar-refractivity contribution in [2.45, 2.75) is 41.5 Å². The molecule has 2 N–H and O–H groups in total. The van der Waals surface area contributed by atoms with E-state index in [2.05, 4.69) is 0 Å². The first-order chi connectivity index (χ1) is 8.80. The van der Waals surface area contributed by atoms with Crippen molar-refractivity contribution in [1.82, 2.24) is 0 Å². The Kier molecular flexibility index (Phi) is 3.68. The molecule has 0 bridgehead atoms. The van der Waals surface area contributed by atoms with Gasteiger partial charge in [-0.3, -0.25) is 9.59 Å². The first kappa shape index (κ1) is 16.5. The number of carboxylic acid groups (broad SMARTS) is 2. The monoisotopic (exact) mass is 280 g/mol. The Morgan fingerprint density at radius 1 is 0.700 bits per heavy atom. The highest BCUT2D eigenvalue weighted by molar-refractivity contribution is 5.86. The van der Waals surface area contributed by atoms with Gasteiger partial charge in [0.15, 0.2) is 0 Å². The van der Waals surface area contributed by atoms with Gasteiger partial charge in [-0.15, -0.1) is 0 Å². The summed E-state index contributed by atoms with van der Waals surface area (Å²) in [7, 11) is 0. The van der Waals surface area contributed by atoms with Crippen molar-refractivity contribution < 1.29 is 19.8 Å². The lowest BCUT2D eigenvalue weighted by atomic mass is 9.57. The molecule has 0 aliphatic heterocycles. The molecule has 0 aromatic carbocycles. The van der Waals surface area contributed by atoms with Gasteiger partial charge in [0.05, 0.1) is 0 Å². The average Bonchev–Trinajstić information content (AvgIpc) is 2.25. The number of aliphatic carboxylic acids is 2. The van der Waals surface area contributed by atoms with Crippen LogP contribution in [0.1, 0.15) is 41.5 Å². The molecule has 0 saturated carbocycles. The highest BCUT2D eigenvalue weighted by Crippen LogP contribution is 2.51. The zero-order valence-electron chi connectivity index (χ0n) is 13.0. The van der Waals surface area contributed by atoms with Gasteiger partial charge in [-0.25, -0.2) is 0 Å². The zero-order valence-corrected chi connectivity index (χ0v) is 13.0. The molecule has 20 heavy (non-hydrogen) atoms. The van der Waals surface area contributed by atoms with Crippen molar-refractivity contribution in [2.24, 2.45) is 21.7 Å². The van der Waals surface area contributed by atoms with Gasteiger partial charge in [0.1, 0.15) is 10.8 Å². The van der Waals surface area contributed by atoms with Crippen LogP contribution in [0.2, 0.25) is 0 Å². The van der Waals surface area contributed by atoms with E-state index in [0.717, 1.165) is 0 Å². The number of hydrogen-bond acceptors (Lipinski definition) is 2. The van der Waals surface area contributed by atoms with E-state index in [9.17, 15) is 19.8 Å². The van der Waals surface area contributed by atoms with Gasteiger partial charge in [-0.2, -0.15) is 0 Å². The molecule has 112 valence electrons. The van der Waals surface area contributed by atoms with Crippen LogP contribution < -0.4 is 0 Å².